The van der Waals surface area contributed by atoms with Crippen molar-refractivity contribution in [2.45, 2.75) is 6.61 Å². The van der Waals surface area contributed by atoms with Gasteiger partial charge in [-0.25, -0.2) is 4.79 Å². The van der Waals surface area contributed by atoms with E-state index in [0.717, 1.165) is 6.07 Å². The maximum Gasteiger partial charge on any atom is 0.345 e. The molecule has 7 heteroatoms. The molecule has 108 valence electrons. The van der Waals surface area contributed by atoms with Gasteiger partial charge in [0, 0.05) is 21.7 Å². The molecule has 2 rings (SSSR count). The lowest BCUT2D eigenvalue weighted by atomic mass is 10.2. The standard InChI is InChI=1S/C14H9Cl2NO4/c15-10-5-6-13(17(19)20)11(7-10)14(18)21-8-9-3-1-2-4-12(9)16/h1-7H,8H2. The van der Waals surface area contributed by atoms with Gasteiger partial charge in [-0.3, -0.25) is 10.1 Å². The first-order valence-corrected chi connectivity index (χ1v) is 6.59. The highest BCUT2D eigenvalue weighted by atomic mass is 35.5. The lowest BCUT2D eigenvalue weighted by Gasteiger charge is -2.07. The van der Waals surface area contributed by atoms with E-state index in [9.17, 15) is 14.9 Å². The average Bonchev–Trinajstić information content (AvgIpc) is 2.45. The van der Waals surface area contributed by atoms with Crippen LogP contribution in [0, 0.1) is 10.1 Å². The van der Waals surface area contributed by atoms with Crippen LogP contribution in [0.1, 0.15) is 15.9 Å². The van der Waals surface area contributed by atoms with E-state index in [1.165, 1.54) is 12.1 Å². The van der Waals surface area contributed by atoms with Gasteiger partial charge in [0.1, 0.15) is 12.2 Å². The van der Waals surface area contributed by atoms with Gasteiger partial charge in [0.2, 0.25) is 0 Å². The zero-order chi connectivity index (χ0) is 15.4. The Labute approximate surface area is 130 Å². The number of nitro benzene ring substituents is 1. The minimum absolute atomic E-state index is 0.0812. The van der Waals surface area contributed by atoms with E-state index in [0.29, 0.717) is 10.6 Å². The molecule has 0 saturated carbocycles. The van der Waals surface area contributed by atoms with Crippen LogP contribution in [0.15, 0.2) is 42.5 Å². The number of rotatable bonds is 4. The summed E-state index contributed by atoms with van der Waals surface area (Å²) in [6.45, 7) is -0.0812. The SMILES string of the molecule is O=C(OCc1ccccc1Cl)c1cc(Cl)ccc1[N+](=O)[O-]. The number of esters is 1. The molecule has 0 aliphatic heterocycles. The lowest BCUT2D eigenvalue weighted by molar-refractivity contribution is -0.385. The Bertz CT molecular complexity index is 703. The first-order valence-electron chi connectivity index (χ1n) is 5.83. The predicted molar refractivity (Wildman–Crippen MR) is 78.7 cm³/mol. The molecule has 0 spiro atoms. The number of hydrogen-bond donors (Lipinski definition) is 0. The van der Waals surface area contributed by atoms with Crippen molar-refractivity contribution in [3.05, 3.63) is 73.8 Å². The number of ether oxygens (including phenoxy) is 1. The maximum atomic E-state index is 12.0. The van der Waals surface area contributed by atoms with E-state index in [4.69, 9.17) is 27.9 Å². The van der Waals surface area contributed by atoms with Crippen LogP contribution in [-0.2, 0) is 11.3 Å². The van der Waals surface area contributed by atoms with Gasteiger partial charge in [-0.05, 0) is 18.2 Å². The van der Waals surface area contributed by atoms with Crippen LogP contribution in [0.2, 0.25) is 10.0 Å². The maximum absolute atomic E-state index is 12.0. The number of carbonyl (C=O) groups excluding carboxylic acids is 1. The van der Waals surface area contributed by atoms with Crippen LogP contribution < -0.4 is 0 Å². The third kappa shape index (κ3) is 3.71. The van der Waals surface area contributed by atoms with Crippen molar-refractivity contribution in [2.24, 2.45) is 0 Å². The van der Waals surface area contributed by atoms with E-state index < -0.39 is 10.9 Å². The summed E-state index contributed by atoms with van der Waals surface area (Å²) in [6, 6.07) is 10.6. The minimum Gasteiger partial charge on any atom is -0.457 e. The highest BCUT2D eigenvalue weighted by Crippen LogP contribution is 2.24. The number of halogens is 2. The number of nitrogens with zero attached hydrogens (tertiary/aromatic N) is 1. The molecule has 0 heterocycles. The zero-order valence-corrected chi connectivity index (χ0v) is 12.1. The van der Waals surface area contributed by atoms with Crippen LogP contribution in [0.25, 0.3) is 0 Å². The molecule has 0 aromatic heterocycles. The Morgan fingerprint density at radius 2 is 1.90 bits per heavy atom. The van der Waals surface area contributed by atoms with E-state index in [1.807, 2.05) is 0 Å². The normalized spacial score (nSPS) is 10.2. The number of carbonyl (C=O) groups is 1. The van der Waals surface area contributed by atoms with E-state index >= 15 is 0 Å². The quantitative estimate of drug-likeness (QED) is 0.478. The van der Waals surface area contributed by atoms with Gasteiger partial charge in [0.15, 0.2) is 0 Å². The molecule has 0 fully saturated rings. The largest absolute Gasteiger partial charge is 0.457 e. The fourth-order valence-corrected chi connectivity index (χ4v) is 2.03. The van der Waals surface area contributed by atoms with Gasteiger partial charge >= 0.3 is 5.97 Å². The number of hydrogen-bond acceptors (Lipinski definition) is 4. The molecule has 0 aliphatic carbocycles. The second-order valence-corrected chi connectivity index (χ2v) is 4.93. The molecule has 0 amide bonds. The second kappa shape index (κ2) is 6.56. The van der Waals surface area contributed by atoms with Crippen molar-refractivity contribution in [1.29, 1.82) is 0 Å². The van der Waals surface area contributed by atoms with Crippen molar-refractivity contribution in [3.8, 4) is 0 Å². The molecule has 0 atom stereocenters. The van der Waals surface area contributed by atoms with Crippen molar-refractivity contribution in [3.63, 3.8) is 0 Å². The Morgan fingerprint density at radius 3 is 2.57 bits per heavy atom. The van der Waals surface area contributed by atoms with Crippen LogP contribution in [0.5, 0.6) is 0 Å². The molecular formula is C14H9Cl2NO4. The van der Waals surface area contributed by atoms with Gasteiger partial charge < -0.3 is 4.74 Å². The van der Waals surface area contributed by atoms with Gasteiger partial charge in [0.25, 0.3) is 5.69 Å². The smallest absolute Gasteiger partial charge is 0.345 e. The van der Waals surface area contributed by atoms with Gasteiger partial charge in [-0.1, -0.05) is 41.4 Å². The first-order chi connectivity index (χ1) is 9.99. The highest BCUT2D eigenvalue weighted by molar-refractivity contribution is 6.31. The molecule has 0 bridgehead atoms. The molecule has 0 saturated heterocycles. The Morgan fingerprint density at radius 1 is 1.19 bits per heavy atom. The van der Waals surface area contributed by atoms with Crippen molar-refractivity contribution in [2.75, 3.05) is 0 Å². The molecule has 0 N–H and O–H groups in total. The van der Waals surface area contributed by atoms with Gasteiger partial charge in [0.05, 0.1) is 4.92 Å². The summed E-state index contributed by atoms with van der Waals surface area (Å²) in [5.74, 6) is -0.830. The molecule has 0 aliphatic rings. The predicted octanol–water partition coefficient (Wildman–Crippen LogP) is 4.26. The molecule has 21 heavy (non-hydrogen) atoms. The fraction of sp³-hybridized carbons (Fsp3) is 0.0714. The van der Waals surface area contributed by atoms with Crippen molar-refractivity contribution >= 4 is 34.9 Å². The highest BCUT2D eigenvalue weighted by Gasteiger charge is 2.22. The summed E-state index contributed by atoms with van der Waals surface area (Å²) in [7, 11) is 0. The van der Waals surface area contributed by atoms with Crippen LogP contribution in [0.4, 0.5) is 5.69 Å². The Balaban J connectivity index is 2.19. The summed E-state index contributed by atoms with van der Waals surface area (Å²) >= 11 is 11.7. The Kier molecular flexibility index (Phi) is 4.77. The average molecular weight is 326 g/mol. The third-order valence-electron chi connectivity index (χ3n) is 2.69. The number of benzene rings is 2. The first kappa shape index (κ1) is 15.3. The number of nitro groups is 1. The molecule has 0 unspecified atom stereocenters. The van der Waals surface area contributed by atoms with Gasteiger partial charge in [-0.15, -0.1) is 0 Å². The topological polar surface area (TPSA) is 69.4 Å². The minimum atomic E-state index is -0.830. The lowest BCUT2D eigenvalue weighted by Crippen LogP contribution is -2.08. The van der Waals surface area contributed by atoms with Gasteiger partial charge in [-0.2, -0.15) is 0 Å². The zero-order valence-electron chi connectivity index (χ0n) is 10.6. The second-order valence-electron chi connectivity index (χ2n) is 4.09. The molecule has 2 aromatic rings. The van der Waals surface area contributed by atoms with Crippen LogP contribution in [0.3, 0.4) is 0 Å². The van der Waals surface area contributed by atoms with E-state index in [1.54, 1.807) is 24.3 Å². The van der Waals surface area contributed by atoms with Crippen LogP contribution >= 0.6 is 23.2 Å². The summed E-state index contributed by atoms with van der Waals surface area (Å²) in [4.78, 5) is 22.2. The summed E-state index contributed by atoms with van der Waals surface area (Å²) in [6.07, 6.45) is 0. The molecule has 2 aromatic carbocycles. The molecule has 0 radical (unpaired) electrons. The summed E-state index contributed by atoms with van der Waals surface area (Å²) < 4.78 is 5.05. The summed E-state index contributed by atoms with van der Waals surface area (Å²) in [5.41, 5.74) is 0.0558. The Hall–Kier alpha value is -2.11. The molecule has 5 nitrogen and oxygen atoms in total. The summed E-state index contributed by atoms with van der Waals surface area (Å²) in [5, 5.41) is 11.6. The van der Waals surface area contributed by atoms with E-state index in [2.05, 4.69) is 0 Å². The molecular weight excluding hydrogens is 317 g/mol. The van der Waals surface area contributed by atoms with Crippen molar-refractivity contribution in [1.82, 2.24) is 0 Å². The van der Waals surface area contributed by atoms with Crippen molar-refractivity contribution < 1.29 is 14.5 Å². The fourth-order valence-electron chi connectivity index (χ4n) is 1.67. The van der Waals surface area contributed by atoms with Crippen LogP contribution in [-0.4, -0.2) is 10.9 Å². The monoisotopic (exact) mass is 325 g/mol. The third-order valence-corrected chi connectivity index (χ3v) is 3.30. The van der Waals surface area contributed by atoms with E-state index in [-0.39, 0.29) is 22.9 Å².